The summed E-state index contributed by atoms with van der Waals surface area (Å²) in [6, 6.07) is 2.90. The molecule has 0 saturated carbocycles. The van der Waals surface area contributed by atoms with Gasteiger partial charge in [-0.05, 0) is 32.4 Å². The van der Waals surface area contributed by atoms with E-state index in [2.05, 4.69) is 5.32 Å². The average Bonchev–Trinajstić information content (AvgIpc) is 2.49. The summed E-state index contributed by atoms with van der Waals surface area (Å²) >= 11 is 6.13. The number of carboxylic acid groups (broad SMARTS) is 1. The molecule has 0 heterocycles. The van der Waals surface area contributed by atoms with Crippen LogP contribution in [-0.2, 0) is 4.79 Å². The molecule has 128 valence electrons. The largest absolute Gasteiger partial charge is 0.493 e. The monoisotopic (exact) mass is 343 g/mol. The molecular weight excluding hydrogens is 322 g/mol. The van der Waals surface area contributed by atoms with Crippen molar-refractivity contribution in [2.75, 3.05) is 13.7 Å². The first kappa shape index (κ1) is 19.1. The fourth-order valence-electron chi connectivity index (χ4n) is 2.18. The van der Waals surface area contributed by atoms with Crippen molar-refractivity contribution in [2.45, 2.75) is 39.2 Å². The van der Waals surface area contributed by atoms with Crippen molar-refractivity contribution >= 4 is 23.5 Å². The maximum Gasteiger partial charge on any atom is 0.329 e. The lowest BCUT2D eigenvalue weighted by Gasteiger charge is -2.26. The van der Waals surface area contributed by atoms with Gasteiger partial charge in [0.2, 0.25) is 0 Å². The van der Waals surface area contributed by atoms with E-state index < -0.39 is 17.4 Å². The highest BCUT2D eigenvalue weighted by atomic mass is 35.5. The molecule has 2 N–H and O–H groups in total. The number of carboxylic acids is 1. The van der Waals surface area contributed by atoms with E-state index in [9.17, 15) is 14.7 Å². The van der Waals surface area contributed by atoms with E-state index in [1.807, 2.05) is 6.92 Å². The summed E-state index contributed by atoms with van der Waals surface area (Å²) in [6.45, 7) is 5.53. The highest BCUT2D eigenvalue weighted by molar-refractivity contribution is 6.32. The fourth-order valence-corrected chi connectivity index (χ4v) is 2.45. The molecule has 1 aromatic carbocycles. The fraction of sp³-hybridized carbons (Fsp3) is 0.500. The van der Waals surface area contributed by atoms with Gasteiger partial charge in [0, 0.05) is 5.56 Å². The molecule has 0 saturated heterocycles. The van der Waals surface area contributed by atoms with Gasteiger partial charge < -0.3 is 19.9 Å². The molecule has 6 nitrogen and oxygen atoms in total. The van der Waals surface area contributed by atoms with Crippen LogP contribution < -0.4 is 14.8 Å². The molecule has 0 radical (unpaired) electrons. The van der Waals surface area contributed by atoms with Crippen molar-refractivity contribution in [1.29, 1.82) is 0 Å². The first-order chi connectivity index (χ1) is 10.8. The molecule has 0 bridgehead atoms. The van der Waals surface area contributed by atoms with Crippen LogP contribution in [0.3, 0.4) is 0 Å². The molecule has 1 aromatic rings. The minimum Gasteiger partial charge on any atom is -0.493 e. The third kappa shape index (κ3) is 4.51. The van der Waals surface area contributed by atoms with Gasteiger partial charge in [0.25, 0.3) is 5.91 Å². The van der Waals surface area contributed by atoms with Gasteiger partial charge in [0.1, 0.15) is 5.54 Å². The Hall–Kier alpha value is -1.95. The van der Waals surface area contributed by atoms with Crippen LogP contribution in [0.2, 0.25) is 5.02 Å². The first-order valence-electron chi connectivity index (χ1n) is 7.35. The molecule has 0 spiro atoms. The summed E-state index contributed by atoms with van der Waals surface area (Å²) in [4.78, 5) is 23.8. The van der Waals surface area contributed by atoms with E-state index >= 15 is 0 Å². The summed E-state index contributed by atoms with van der Waals surface area (Å²) in [5, 5.41) is 12.1. The van der Waals surface area contributed by atoms with Gasteiger partial charge in [-0.2, -0.15) is 0 Å². The van der Waals surface area contributed by atoms with Gasteiger partial charge in [-0.3, -0.25) is 4.79 Å². The Morgan fingerprint density at radius 1 is 1.35 bits per heavy atom. The number of hydrogen-bond donors (Lipinski definition) is 2. The molecule has 0 aromatic heterocycles. The van der Waals surface area contributed by atoms with E-state index in [0.717, 1.165) is 0 Å². The Kier molecular flexibility index (Phi) is 6.69. The molecule has 1 amide bonds. The molecule has 0 aliphatic carbocycles. The van der Waals surface area contributed by atoms with Gasteiger partial charge in [-0.1, -0.05) is 24.9 Å². The third-order valence-corrected chi connectivity index (χ3v) is 3.67. The Morgan fingerprint density at radius 3 is 2.48 bits per heavy atom. The van der Waals surface area contributed by atoms with E-state index in [0.29, 0.717) is 30.9 Å². The molecule has 7 heteroatoms. The van der Waals surface area contributed by atoms with E-state index in [-0.39, 0.29) is 10.6 Å². The lowest BCUT2D eigenvalue weighted by atomic mass is 9.95. The summed E-state index contributed by atoms with van der Waals surface area (Å²) in [5.74, 6) is -0.955. The Morgan fingerprint density at radius 2 is 2.00 bits per heavy atom. The SMILES string of the molecule is CCCC(C)(NC(=O)c1cc(Cl)c(OCC)c(OC)c1)C(=O)O. The van der Waals surface area contributed by atoms with Gasteiger partial charge in [-0.15, -0.1) is 0 Å². The van der Waals surface area contributed by atoms with Crippen molar-refractivity contribution < 1.29 is 24.2 Å². The van der Waals surface area contributed by atoms with Crippen molar-refractivity contribution in [3.63, 3.8) is 0 Å². The van der Waals surface area contributed by atoms with Crippen LogP contribution in [0, 0.1) is 0 Å². The zero-order valence-corrected chi connectivity index (χ0v) is 14.5. The molecule has 1 rings (SSSR count). The normalized spacial score (nSPS) is 13.1. The minimum absolute atomic E-state index is 0.207. The number of amides is 1. The summed E-state index contributed by atoms with van der Waals surface area (Å²) < 4.78 is 10.6. The number of halogens is 1. The quantitative estimate of drug-likeness (QED) is 0.757. The number of carbonyl (C=O) groups excluding carboxylic acids is 1. The molecule has 1 unspecified atom stereocenters. The predicted molar refractivity (Wildman–Crippen MR) is 87.6 cm³/mol. The van der Waals surface area contributed by atoms with Gasteiger partial charge in [0.15, 0.2) is 11.5 Å². The van der Waals surface area contributed by atoms with Crippen LogP contribution in [0.15, 0.2) is 12.1 Å². The van der Waals surface area contributed by atoms with Gasteiger partial charge in [-0.25, -0.2) is 4.79 Å². The maximum atomic E-state index is 12.4. The zero-order chi connectivity index (χ0) is 17.6. The maximum absolute atomic E-state index is 12.4. The number of nitrogens with one attached hydrogen (secondary N) is 1. The molecule has 23 heavy (non-hydrogen) atoms. The molecular formula is C16H22ClNO5. The highest BCUT2D eigenvalue weighted by Crippen LogP contribution is 2.36. The van der Waals surface area contributed by atoms with E-state index in [1.165, 1.54) is 26.2 Å². The van der Waals surface area contributed by atoms with Crippen molar-refractivity contribution in [1.82, 2.24) is 5.32 Å². The number of aliphatic carboxylic acids is 1. The van der Waals surface area contributed by atoms with Crippen LogP contribution in [0.25, 0.3) is 0 Å². The summed E-state index contributed by atoms with van der Waals surface area (Å²) in [5.41, 5.74) is -1.14. The molecule has 1 atom stereocenters. The Labute approximate surface area is 140 Å². The second kappa shape index (κ2) is 8.06. The summed E-state index contributed by atoms with van der Waals surface area (Å²) in [6.07, 6.45) is 0.937. The number of hydrogen-bond acceptors (Lipinski definition) is 4. The minimum atomic E-state index is -1.34. The Balaban J connectivity index is 3.13. The first-order valence-corrected chi connectivity index (χ1v) is 7.73. The lowest BCUT2D eigenvalue weighted by Crippen LogP contribution is -2.52. The van der Waals surface area contributed by atoms with E-state index in [4.69, 9.17) is 21.1 Å². The van der Waals surface area contributed by atoms with Crippen LogP contribution in [0.5, 0.6) is 11.5 Å². The van der Waals surface area contributed by atoms with Crippen LogP contribution in [0.4, 0.5) is 0 Å². The van der Waals surface area contributed by atoms with Crippen LogP contribution in [-0.4, -0.2) is 36.2 Å². The number of ether oxygens (including phenoxy) is 2. The van der Waals surface area contributed by atoms with Crippen molar-refractivity contribution in [3.05, 3.63) is 22.7 Å². The van der Waals surface area contributed by atoms with Gasteiger partial charge >= 0.3 is 5.97 Å². The second-order valence-corrected chi connectivity index (χ2v) is 5.67. The summed E-state index contributed by atoms with van der Waals surface area (Å²) in [7, 11) is 1.44. The number of rotatable bonds is 8. The molecule has 0 aliphatic heterocycles. The third-order valence-electron chi connectivity index (χ3n) is 3.39. The second-order valence-electron chi connectivity index (χ2n) is 5.26. The van der Waals surface area contributed by atoms with Crippen molar-refractivity contribution in [2.24, 2.45) is 0 Å². The van der Waals surface area contributed by atoms with E-state index in [1.54, 1.807) is 6.92 Å². The smallest absolute Gasteiger partial charge is 0.329 e. The number of benzene rings is 1. The van der Waals surface area contributed by atoms with Crippen LogP contribution >= 0.6 is 11.6 Å². The lowest BCUT2D eigenvalue weighted by molar-refractivity contribution is -0.144. The average molecular weight is 344 g/mol. The van der Waals surface area contributed by atoms with Gasteiger partial charge in [0.05, 0.1) is 18.7 Å². The zero-order valence-electron chi connectivity index (χ0n) is 13.7. The topological polar surface area (TPSA) is 84.9 Å². The standard InChI is InChI=1S/C16H22ClNO5/c1-5-7-16(3,15(20)21)18-14(19)10-8-11(17)13(23-6-2)12(9-10)22-4/h8-9H,5-7H2,1-4H3,(H,18,19)(H,20,21). The highest BCUT2D eigenvalue weighted by Gasteiger charge is 2.34. The Bertz CT molecular complexity index is 590. The number of methoxy groups -OCH3 is 1. The van der Waals surface area contributed by atoms with Crippen molar-refractivity contribution in [3.8, 4) is 11.5 Å². The molecule has 0 aliphatic rings. The predicted octanol–water partition coefficient (Wildman–Crippen LogP) is 3.12. The number of carbonyl (C=O) groups is 2. The molecule has 0 fully saturated rings. The van der Waals surface area contributed by atoms with Crippen LogP contribution in [0.1, 0.15) is 44.0 Å².